The molecule has 0 saturated carbocycles. The summed E-state index contributed by atoms with van der Waals surface area (Å²) in [5.41, 5.74) is 1.22. The number of hydrogen-bond acceptors (Lipinski definition) is 2. The first kappa shape index (κ1) is 12.3. The Kier molecular flexibility index (Phi) is 3.64. The van der Waals surface area contributed by atoms with Crippen LogP contribution in [0.3, 0.4) is 0 Å². The Bertz CT molecular complexity index is 439. The number of benzene rings is 1. The van der Waals surface area contributed by atoms with Gasteiger partial charge in [0, 0.05) is 23.2 Å². The largest absolute Gasteiger partial charge is 0.481 e. The Hall–Kier alpha value is -1.13. The first-order chi connectivity index (χ1) is 8.13. The van der Waals surface area contributed by atoms with E-state index in [0.717, 1.165) is 5.56 Å². The fourth-order valence-electron chi connectivity index (χ4n) is 2.20. The molecule has 1 aromatic rings. The number of nitrogens with one attached hydrogen (secondary N) is 1. The molecule has 1 aliphatic rings. The van der Waals surface area contributed by atoms with Gasteiger partial charge in [0.25, 0.3) is 0 Å². The molecule has 17 heavy (non-hydrogen) atoms. The van der Waals surface area contributed by atoms with E-state index in [1.807, 2.05) is 0 Å². The molecule has 1 fully saturated rings. The first-order valence-corrected chi connectivity index (χ1v) is 5.80. The lowest BCUT2D eigenvalue weighted by Gasteiger charge is -2.15. The number of carboxylic acid groups (broad SMARTS) is 1. The maximum Gasteiger partial charge on any atom is 0.307 e. The molecule has 1 aromatic carbocycles. The van der Waals surface area contributed by atoms with Crippen molar-refractivity contribution in [3.8, 4) is 0 Å². The molecular weight excluding hydrogens is 245 g/mol. The van der Waals surface area contributed by atoms with Gasteiger partial charge in [0.2, 0.25) is 0 Å². The van der Waals surface area contributed by atoms with Crippen molar-refractivity contribution < 1.29 is 14.3 Å². The quantitative estimate of drug-likeness (QED) is 0.875. The molecule has 2 unspecified atom stereocenters. The number of aliphatic carboxylic acids is 1. The number of alkyl halides is 1. The average Bonchev–Trinajstić information content (AvgIpc) is 2.77. The van der Waals surface area contributed by atoms with Gasteiger partial charge in [0.1, 0.15) is 6.67 Å². The van der Waals surface area contributed by atoms with Crippen molar-refractivity contribution in [2.45, 2.75) is 19.1 Å². The monoisotopic (exact) mass is 257 g/mol. The van der Waals surface area contributed by atoms with Crippen molar-refractivity contribution in [2.24, 2.45) is 5.92 Å². The van der Waals surface area contributed by atoms with Crippen LogP contribution in [0.25, 0.3) is 0 Å². The van der Waals surface area contributed by atoms with E-state index in [1.165, 1.54) is 0 Å². The summed E-state index contributed by atoms with van der Waals surface area (Å²) in [6.45, 7) is -0.219. The second-order valence-electron chi connectivity index (χ2n) is 4.17. The summed E-state index contributed by atoms with van der Waals surface area (Å²) in [6, 6.07) is 5.07. The van der Waals surface area contributed by atoms with Gasteiger partial charge >= 0.3 is 5.97 Å². The minimum atomic E-state index is -0.816. The van der Waals surface area contributed by atoms with Crippen LogP contribution in [0.15, 0.2) is 18.2 Å². The van der Waals surface area contributed by atoms with E-state index in [4.69, 9.17) is 16.7 Å². The first-order valence-electron chi connectivity index (χ1n) is 5.43. The van der Waals surface area contributed by atoms with E-state index in [9.17, 15) is 9.18 Å². The zero-order valence-electron chi connectivity index (χ0n) is 9.12. The zero-order valence-corrected chi connectivity index (χ0v) is 9.88. The molecule has 1 saturated heterocycles. The van der Waals surface area contributed by atoms with Crippen LogP contribution in [0, 0.1) is 5.92 Å². The smallest absolute Gasteiger partial charge is 0.307 e. The van der Waals surface area contributed by atoms with Gasteiger partial charge in [-0.3, -0.25) is 4.79 Å². The number of hydrogen-bond donors (Lipinski definition) is 2. The molecule has 3 nitrogen and oxygen atoms in total. The Balaban J connectivity index is 2.24. The molecule has 0 aromatic heterocycles. The number of halogens is 2. The highest BCUT2D eigenvalue weighted by Crippen LogP contribution is 2.32. The predicted molar refractivity (Wildman–Crippen MR) is 62.8 cm³/mol. The molecule has 2 rings (SSSR count). The fraction of sp³-hybridized carbons (Fsp3) is 0.417. The van der Waals surface area contributed by atoms with Crippen molar-refractivity contribution >= 4 is 17.6 Å². The molecule has 1 heterocycles. The van der Waals surface area contributed by atoms with Crippen LogP contribution >= 0.6 is 11.6 Å². The fourth-order valence-corrected chi connectivity index (χ4v) is 2.44. The Morgan fingerprint density at radius 3 is 2.94 bits per heavy atom. The van der Waals surface area contributed by atoms with Crippen LogP contribution in [0.4, 0.5) is 4.39 Å². The number of rotatable bonds is 3. The van der Waals surface area contributed by atoms with E-state index in [2.05, 4.69) is 5.32 Å². The lowest BCUT2D eigenvalue weighted by molar-refractivity contribution is -0.141. The highest BCUT2D eigenvalue weighted by molar-refractivity contribution is 6.31. The number of carboxylic acids is 1. The van der Waals surface area contributed by atoms with Crippen LogP contribution < -0.4 is 5.32 Å². The third kappa shape index (κ3) is 2.42. The number of carbonyl (C=O) groups is 1. The van der Waals surface area contributed by atoms with E-state index in [-0.39, 0.29) is 6.04 Å². The second kappa shape index (κ2) is 5.02. The molecule has 0 radical (unpaired) electrons. The third-order valence-corrected chi connectivity index (χ3v) is 3.50. The van der Waals surface area contributed by atoms with Crippen LogP contribution in [-0.2, 0) is 11.5 Å². The maximum absolute atomic E-state index is 12.9. The van der Waals surface area contributed by atoms with Crippen LogP contribution in [0.1, 0.15) is 23.6 Å². The normalized spacial score (nSPS) is 23.9. The molecule has 0 aliphatic carbocycles. The van der Waals surface area contributed by atoms with E-state index < -0.39 is 18.6 Å². The molecule has 2 atom stereocenters. The van der Waals surface area contributed by atoms with Gasteiger partial charge in [0.05, 0.1) is 5.92 Å². The Labute approximate surface area is 104 Å². The lowest BCUT2D eigenvalue weighted by atomic mass is 9.96. The summed E-state index contributed by atoms with van der Waals surface area (Å²) in [5.74, 6) is -1.23. The molecule has 0 spiro atoms. The van der Waals surface area contributed by atoms with Crippen LogP contribution in [0.5, 0.6) is 0 Å². The highest BCUT2D eigenvalue weighted by atomic mass is 35.5. The van der Waals surface area contributed by atoms with E-state index in [1.54, 1.807) is 18.2 Å². The van der Waals surface area contributed by atoms with Gasteiger partial charge in [-0.25, -0.2) is 4.39 Å². The summed E-state index contributed by atoms with van der Waals surface area (Å²) in [5, 5.41) is 12.4. The molecule has 2 N–H and O–H groups in total. The topological polar surface area (TPSA) is 49.3 Å². The Morgan fingerprint density at radius 1 is 1.59 bits per heavy atom. The zero-order chi connectivity index (χ0) is 12.4. The highest BCUT2D eigenvalue weighted by Gasteiger charge is 2.31. The van der Waals surface area contributed by atoms with Gasteiger partial charge in [-0.15, -0.1) is 0 Å². The Morgan fingerprint density at radius 2 is 2.35 bits per heavy atom. The van der Waals surface area contributed by atoms with Gasteiger partial charge < -0.3 is 10.4 Å². The van der Waals surface area contributed by atoms with Crippen molar-refractivity contribution in [2.75, 3.05) is 6.54 Å². The summed E-state index contributed by atoms with van der Waals surface area (Å²) in [4.78, 5) is 10.9. The van der Waals surface area contributed by atoms with Crippen molar-refractivity contribution in [1.82, 2.24) is 5.32 Å². The molecular formula is C12H13ClFNO2. The molecule has 0 amide bonds. The van der Waals surface area contributed by atoms with Crippen molar-refractivity contribution in [3.63, 3.8) is 0 Å². The molecule has 5 heteroatoms. The predicted octanol–water partition coefficient (Wildman–Crippen LogP) is 2.54. The van der Waals surface area contributed by atoms with Gasteiger partial charge in [-0.2, -0.15) is 0 Å². The van der Waals surface area contributed by atoms with E-state index >= 15 is 0 Å². The SMILES string of the molecule is O=C(O)C1CNC(c2cccc(Cl)c2CF)C1. The minimum absolute atomic E-state index is 0.124. The average molecular weight is 258 g/mol. The third-order valence-electron chi connectivity index (χ3n) is 3.14. The molecule has 0 bridgehead atoms. The molecule has 1 aliphatic heterocycles. The minimum Gasteiger partial charge on any atom is -0.481 e. The standard InChI is InChI=1S/C12H13ClFNO2/c13-10-3-1-2-8(9(10)5-14)11-4-7(6-15-11)12(16)17/h1-3,7,11,15H,4-6H2,(H,16,17). The van der Waals surface area contributed by atoms with Crippen LogP contribution in [-0.4, -0.2) is 17.6 Å². The van der Waals surface area contributed by atoms with Gasteiger partial charge in [0.15, 0.2) is 0 Å². The summed E-state index contributed by atoms with van der Waals surface area (Å²) < 4.78 is 12.9. The van der Waals surface area contributed by atoms with Gasteiger partial charge in [-0.1, -0.05) is 23.7 Å². The van der Waals surface area contributed by atoms with Crippen molar-refractivity contribution in [3.05, 3.63) is 34.3 Å². The van der Waals surface area contributed by atoms with E-state index in [0.29, 0.717) is 23.6 Å². The summed E-state index contributed by atoms with van der Waals surface area (Å²) >= 11 is 5.92. The second-order valence-corrected chi connectivity index (χ2v) is 4.58. The van der Waals surface area contributed by atoms with Gasteiger partial charge in [-0.05, 0) is 18.1 Å². The summed E-state index contributed by atoms with van der Waals surface area (Å²) in [7, 11) is 0. The lowest BCUT2D eigenvalue weighted by Crippen LogP contribution is -2.17. The molecule has 92 valence electrons. The maximum atomic E-state index is 12.9. The van der Waals surface area contributed by atoms with Crippen LogP contribution in [0.2, 0.25) is 5.02 Å². The summed E-state index contributed by atoms with van der Waals surface area (Å²) in [6.07, 6.45) is 0.475. The van der Waals surface area contributed by atoms with Crippen molar-refractivity contribution in [1.29, 1.82) is 0 Å².